The van der Waals surface area contributed by atoms with Gasteiger partial charge in [-0.25, -0.2) is 14.4 Å². The number of amides is 2. The van der Waals surface area contributed by atoms with Gasteiger partial charge in [0.25, 0.3) is 0 Å². The molecule has 0 atom stereocenters. The zero-order valence-corrected chi connectivity index (χ0v) is 27.1. The minimum atomic E-state index is -0.675. The second-order valence-electron chi connectivity index (χ2n) is 11.1. The molecule has 4 rings (SSSR count). The third kappa shape index (κ3) is 7.33. The molecular weight excluding hydrogens is 626 g/mol. The molecule has 1 saturated carbocycles. The summed E-state index contributed by atoms with van der Waals surface area (Å²) in [6.45, 7) is 8.46. The van der Waals surface area contributed by atoms with Crippen LogP contribution in [-0.4, -0.2) is 48.5 Å². The number of carbonyl (C=O) groups is 3. The number of rotatable bonds is 8. The van der Waals surface area contributed by atoms with Gasteiger partial charge in [0.1, 0.15) is 17.0 Å². The van der Waals surface area contributed by atoms with Crippen LogP contribution in [0.25, 0.3) is 10.4 Å². The average molecular weight is 663 g/mol. The Labute approximate surface area is 257 Å². The number of urea groups is 1. The van der Waals surface area contributed by atoms with Crippen LogP contribution in [0.2, 0.25) is 0 Å². The van der Waals surface area contributed by atoms with Crippen molar-refractivity contribution >= 4 is 56.6 Å². The SMILES string of the molecule is COC(=O)c1sc(-c2cccc(N(C(=O)Nc3c(C)noc3C)C3CCCCC3)c2)c(Br)c1OCC(=O)OC(C)(C)C. The summed E-state index contributed by atoms with van der Waals surface area (Å²) >= 11 is 4.76. The number of hydrogen-bond donors (Lipinski definition) is 1. The molecule has 2 amide bonds. The number of benzene rings is 1. The number of methoxy groups -OCH3 is 1. The van der Waals surface area contributed by atoms with Crippen LogP contribution < -0.4 is 15.0 Å². The average Bonchev–Trinajstić information content (AvgIpc) is 3.44. The van der Waals surface area contributed by atoms with E-state index in [-0.39, 0.29) is 29.3 Å². The first kappa shape index (κ1) is 31.6. The molecule has 0 spiro atoms. The Kier molecular flexibility index (Phi) is 9.98. The summed E-state index contributed by atoms with van der Waals surface area (Å²) in [7, 11) is 1.29. The minimum absolute atomic E-state index is 0.0135. The van der Waals surface area contributed by atoms with Crippen molar-refractivity contribution in [2.24, 2.45) is 0 Å². The number of aryl methyl sites for hydroxylation is 2. The topological polar surface area (TPSA) is 120 Å². The van der Waals surface area contributed by atoms with E-state index in [2.05, 4.69) is 26.4 Å². The Bertz CT molecular complexity index is 1430. The van der Waals surface area contributed by atoms with Gasteiger partial charge in [0.2, 0.25) is 0 Å². The lowest BCUT2D eigenvalue weighted by Crippen LogP contribution is -2.44. The number of nitrogens with one attached hydrogen (secondary N) is 1. The molecule has 12 heteroatoms. The number of hydrogen-bond acceptors (Lipinski definition) is 9. The van der Waals surface area contributed by atoms with E-state index in [4.69, 9.17) is 18.7 Å². The summed E-state index contributed by atoms with van der Waals surface area (Å²) in [5.41, 5.74) is 1.96. The Balaban J connectivity index is 1.69. The van der Waals surface area contributed by atoms with Gasteiger partial charge < -0.3 is 24.1 Å². The second kappa shape index (κ2) is 13.3. The fraction of sp³-hybridized carbons (Fsp3) is 0.467. The van der Waals surface area contributed by atoms with Gasteiger partial charge in [-0.15, -0.1) is 11.3 Å². The Morgan fingerprint density at radius 3 is 2.50 bits per heavy atom. The van der Waals surface area contributed by atoms with Gasteiger partial charge >= 0.3 is 18.0 Å². The van der Waals surface area contributed by atoms with Crippen molar-refractivity contribution in [1.82, 2.24) is 5.16 Å². The van der Waals surface area contributed by atoms with Crippen molar-refractivity contribution in [3.05, 3.63) is 45.1 Å². The Hall–Kier alpha value is -3.38. The second-order valence-corrected chi connectivity index (χ2v) is 12.9. The van der Waals surface area contributed by atoms with E-state index in [0.29, 0.717) is 32.2 Å². The van der Waals surface area contributed by atoms with E-state index in [1.165, 1.54) is 18.4 Å². The van der Waals surface area contributed by atoms with Crippen LogP contribution in [0.1, 0.15) is 74.0 Å². The monoisotopic (exact) mass is 661 g/mol. The summed E-state index contributed by atoms with van der Waals surface area (Å²) < 4.78 is 21.9. The smallest absolute Gasteiger partial charge is 0.351 e. The summed E-state index contributed by atoms with van der Waals surface area (Å²) in [6.07, 6.45) is 4.99. The van der Waals surface area contributed by atoms with Crippen LogP contribution >= 0.6 is 27.3 Å². The maximum atomic E-state index is 13.8. The molecule has 42 heavy (non-hydrogen) atoms. The van der Waals surface area contributed by atoms with Gasteiger partial charge in [-0.3, -0.25) is 4.90 Å². The molecule has 0 unspecified atom stereocenters. The van der Waals surface area contributed by atoms with Crippen LogP contribution in [0.15, 0.2) is 33.3 Å². The zero-order chi connectivity index (χ0) is 30.6. The third-order valence-corrected chi connectivity index (χ3v) is 8.96. The highest BCUT2D eigenvalue weighted by Gasteiger charge is 2.30. The van der Waals surface area contributed by atoms with E-state index in [1.807, 2.05) is 24.3 Å². The fourth-order valence-electron chi connectivity index (χ4n) is 4.90. The van der Waals surface area contributed by atoms with Gasteiger partial charge in [0, 0.05) is 11.7 Å². The molecular formula is C30H36BrN3O7S. The quantitative estimate of drug-likeness (QED) is 0.244. The number of carbonyl (C=O) groups excluding carboxylic acids is 3. The zero-order valence-electron chi connectivity index (χ0n) is 24.7. The van der Waals surface area contributed by atoms with E-state index >= 15 is 0 Å². The standard InChI is InChI=1S/C30H36BrN3O7S/c1-17-24(18(2)41-33-17)32-29(37)34(20-12-8-7-9-13-20)21-14-10-11-19(15-21)26-23(31)25(27(42-26)28(36)38-6)39-16-22(35)40-30(3,4)5/h10-11,14-15,20H,7-9,12-13,16H2,1-6H3,(H,32,37). The van der Waals surface area contributed by atoms with Gasteiger partial charge in [-0.1, -0.05) is 36.6 Å². The molecule has 1 aromatic carbocycles. The van der Waals surface area contributed by atoms with Gasteiger partial charge in [-0.05, 0) is 81.1 Å². The van der Waals surface area contributed by atoms with Crippen LogP contribution in [-0.2, 0) is 14.3 Å². The maximum absolute atomic E-state index is 13.8. The van der Waals surface area contributed by atoms with Crippen molar-refractivity contribution in [1.29, 1.82) is 0 Å². The molecule has 226 valence electrons. The maximum Gasteiger partial charge on any atom is 0.351 e. The third-order valence-electron chi connectivity index (χ3n) is 6.74. The van der Waals surface area contributed by atoms with Crippen molar-refractivity contribution in [3.8, 4) is 16.2 Å². The summed E-state index contributed by atoms with van der Waals surface area (Å²) in [6, 6.07) is 7.32. The van der Waals surface area contributed by atoms with Crippen LogP contribution in [0, 0.1) is 13.8 Å². The van der Waals surface area contributed by atoms with Crippen LogP contribution in [0.5, 0.6) is 5.75 Å². The van der Waals surface area contributed by atoms with Gasteiger partial charge in [0.15, 0.2) is 23.0 Å². The molecule has 1 fully saturated rings. The summed E-state index contributed by atoms with van der Waals surface area (Å²) in [5.74, 6) is -0.425. The van der Waals surface area contributed by atoms with Crippen molar-refractivity contribution in [3.63, 3.8) is 0 Å². The number of aromatic nitrogens is 1. The van der Waals surface area contributed by atoms with E-state index in [9.17, 15) is 14.4 Å². The number of ether oxygens (including phenoxy) is 3. The Morgan fingerprint density at radius 2 is 1.88 bits per heavy atom. The lowest BCUT2D eigenvalue weighted by molar-refractivity contribution is -0.157. The predicted molar refractivity (Wildman–Crippen MR) is 164 cm³/mol. The summed E-state index contributed by atoms with van der Waals surface area (Å²) in [5, 5.41) is 6.96. The first-order chi connectivity index (χ1) is 19.9. The van der Waals surface area contributed by atoms with Crippen molar-refractivity contribution in [2.45, 2.75) is 78.4 Å². The highest BCUT2D eigenvalue weighted by atomic mass is 79.9. The number of anilines is 2. The first-order valence-electron chi connectivity index (χ1n) is 13.8. The van der Waals surface area contributed by atoms with E-state index in [0.717, 1.165) is 37.7 Å². The molecule has 10 nitrogen and oxygen atoms in total. The number of nitrogens with zero attached hydrogens (tertiary/aromatic N) is 2. The largest absolute Gasteiger partial charge is 0.479 e. The van der Waals surface area contributed by atoms with Crippen molar-refractivity contribution < 1.29 is 33.1 Å². The predicted octanol–water partition coefficient (Wildman–Crippen LogP) is 7.66. The summed E-state index contributed by atoms with van der Waals surface area (Å²) in [4.78, 5) is 41.5. The van der Waals surface area contributed by atoms with Gasteiger partial charge in [-0.2, -0.15) is 0 Å². The van der Waals surface area contributed by atoms with E-state index in [1.54, 1.807) is 39.5 Å². The molecule has 1 aliphatic rings. The molecule has 0 bridgehead atoms. The van der Waals surface area contributed by atoms with Crippen LogP contribution in [0.3, 0.4) is 0 Å². The highest BCUT2D eigenvalue weighted by Crippen LogP contribution is 2.46. The van der Waals surface area contributed by atoms with Crippen LogP contribution in [0.4, 0.5) is 16.2 Å². The lowest BCUT2D eigenvalue weighted by atomic mass is 9.93. The lowest BCUT2D eigenvalue weighted by Gasteiger charge is -2.34. The van der Waals surface area contributed by atoms with E-state index < -0.39 is 17.5 Å². The number of esters is 2. The normalized spacial score (nSPS) is 13.9. The molecule has 2 heterocycles. The van der Waals surface area contributed by atoms with Gasteiger partial charge in [0.05, 0.1) is 16.5 Å². The highest BCUT2D eigenvalue weighted by molar-refractivity contribution is 9.10. The van der Waals surface area contributed by atoms with Crippen molar-refractivity contribution in [2.75, 3.05) is 23.9 Å². The molecule has 1 aliphatic carbocycles. The molecule has 0 radical (unpaired) electrons. The number of thiophene rings is 1. The fourth-order valence-corrected chi connectivity index (χ4v) is 6.87. The minimum Gasteiger partial charge on any atom is -0.479 e. The molecule has 3 aromatic rings. The molecule has 2 aromatic heterocycles. The molecule has 1 N–H and O–H groups in total. The Morgan fingerprint density at radius 1 is 1.17 bits per heavy atom. The number of halogens is 1. The molecule has 0 saturated heterocycles. The molecule has 0 aliphatic heterocycles. The first-order valence-corrected chi connectivity index (χ1v) is 15.4.